The van der Waals surface area contributed by atoms with E-state index in [1.165, 1.54) is 18.3 Å². The summed E-state index contributed by atoms with van der Waals surface area (Å²) in [4.78, 5) is 3.28. The Balaban J connectivity index is 1.71. The highest BCUT2D eigenvalue weighted by atomic mass is 35.5. The van der Waals surface area contributed by atoms with Gasteiger partial charge < -0.3 is 5.32 Å². The highest BCUT2D eigenvalue weighted by Gasteiger charge is 2.22. The van der Waals surface area contributed by atoms with E-state index in [1.807, 2.05) is 13.0 Å². The van der Waals surface area contributed by atoms with Crippen molar-refractivity contribution < 1.29 is 17.2 Å². The summed E-state index contributed by atoms with van der Waals surface area (Å²) in [5, 5.41) is 4.89. The molecule has 0 spiro atoms. The molecule has 3 rings (SSSR count). The SMILES string of the molecule is CC[C@H](CNc1cc(F)c(S(=O)(=O)Nc2nccs2)cc1Cl)Cc1cccc(F)c1. The van der Waals surface area contributed by atoms with Gasteiger partial charge in [-0.2, -0.15) is 0 Å². The number of benzene rings is 2. The van der Waals surface area contributed by atoms with E-state index in [9.17, 15) is 17.2 Å². The number of hydrogen-bond acceptors (Lipinski definition) is 5. The number of nitrogens with zero attached hydrogens (tertiary/aromatic N) is 1. The molecule has 3 aromatic rings. The van der Waals surface area contributed by atoms with Crippen LogP contribution in [-0.2, 0) is 16.4 Å². The van der Waals surface area contributed by atoms with Gasteiger partial charge in [0.2, 0.25) is 0 Å². The minimum atomic E-state index is -4.16. The smallest absolute Gasteiger partial charge is 0.266 e. The van der Waals surface area contributed by atoms with Crippen molar-refractivity contribution in [3.8, 4) is 0 Å². The Morgan fingerprint density at radius 2 is 2.03 bits per heavy atom. The van der Waals surface area contributed by atoms with Crippen molar-refractivity contribution in [3.63, 3.8) is 0 Å². The Morgan fingerprint density at radius 3 is 2.70 bits per heavy atom. The van der Waals surface area contributed by atoms with E-state index in [1.54, 1.807) is 11.4 Å². The molecule has 10 heteroatoms. The van der Waals surface area contributed by atoms with Gasteiger partial charge in [0.25, 0.3) is 10.0 Å². The zero-order valence-electron chi connectivity index (χ0n) is 16.0. The molecule has 5 nitrogen and oxygen atoms in total. The fourth-order valence-corrected chi connectivity index (χ4v) is 5.10. The Kier molecular flexibility index (Phi) is 7.27. The maximum absolute atomic E-state index is 14.6. The molecule has 2 N–H and O–H groups in total. The lowest BCUT2D eigenvalue weighted by molar-refractivity contribution is 0.530. The van der Waals surface area contributed by atoms with E-state index in [4.69, 9.17) is 11.6 Å². The van der Waals surface area contributed by atoms with Crippen LogP contribution in [0.25, 0.3) is 0 Å². The Hall–Kier alpha value is -2.23. The number of aromatic nitrogens is 1. The summed E-state index contributed by atoms with van der Waals surface area (Å²) in [5.41, 5.74) is 1.16. The van der Waals surface area contributed by atoms with Crippen LogP contribution in [0.5, 0.6) is 0 Å². The van der Waals surface area contributed by atoms with E-state index in [0.717, 1.165) is 35.5 Å². The quantitative estimate of drug-likeness (QED) is 0.429. The Labute approximate surface area is 183 Å². The molecule has 0 bridgehead atoms. The van der Waals surface area contributed by atoms with Crippen LogP contribution in [0, 0.1) is 17.6 Å². The molecule has 0 saturated heterocycles. The van der Waals surface area contributed by atoms with Crippen molar-refractivity contribution in [1.29, 1.82) is 0 Å². The number of rotatable bonds is 9. The first-order chi connectivity index (χ1) is 14.3. The summed E-state index contributed by atoms with van der Waals surface area (Å²) in [6.07, 6.45) is 2.90. The van der Waals surface area contributed by atoms with Gasteiger partial charge in [0.15, 0.2) is 5.13 Å². The van der Waals surface area contributed by atoms with Gasteiger partial charge >= 0.3 is 0 Å². The van der Waals surface area contributed by atoms with Gasteiger partial charge in [-0.05, 0) is 42.2 Å². The number of sulfonamides is 1. The molecule has 0 unspecified atom stereocenters. The second-order valence-corrected chi connectivity index (χ2v) is 9.65. The van der Waals surface area contributed by atoms with E-state index in [-0.39, 0.29) is 21.9 Å². The Morgan fingerprint density at radius 1 is 1.23 bits per heavy atom. The number of thiazole rings is 1. The van der Waals surface area contributed by atoms with E-state index < -0.39 is 20.7 Å². The van der Waals surface area contributed by atoms with Gasteiger partial charge in [0, 0.05) is 18.1 Å². The fourth-order valence-electron chi connectivity index (χ4n) is 2.93. The van der Waals surface area contributed by atoms with Crippen LogP contribution in [0.1, 0.15) is 18.9 Å². The van der Waals surface area contributed by atoms with Gasteiger partial charge in [-0.1, -0.05) is 37.1 Å². The van der Waals surface area contributed by atoms with Crippen LogP contribution in [0.15, 0.2) is 52.9 Å². The van der Waals surface area contributed by atoms with Crippen LogP contribution in [-0.4, -0.2) is 19.9 Å². The fraction of sp³-hybridized carbons (Fsp3) is 0.250. The average molecular weight is 472 g/mol. The largest absolute Gasteiger partial charge is 0.383 e. The minimum absolute atomic E-state index is 0.0801. The summed E-state index contributed by atoms with van der Waals surface area (Å²) in [6.45, 7) is 2.48. The molecule has 1 aromatic heterocycles. The van der Waals surface area contributed by atoms with Crippen LogP contribution >= 0.6 is 22.9 Å². The Bertz CT molecular complexity index is 1110. The molecule has 0 fully saturated rings. The first-order valence-electron chi connectivity index (χ1n) is 9.18. The maximum atomic E-state index is 14.6. The lowest BCUT2D eigenvalue weighted by atomic mass is 9.96. The van der Waals surface area contributed by atoms with Crippen LogP contribution in [0.2, 0.25) is 5.02 Å². The molecule has 0 saturated carbocycles. The van der Waals surface area contributed by atoms with Crippen LogP contribution in [0.3, 0.4) is 0 Å². The standard InChI is InChI=1S/C20H20ClF2N3O2S2/c1-2-13(8-14-4-3-5-15(22)9-14)12-25-18-11-17(23)19(10-16(18)21)30(27,28)26-20-24-6-7-29-20/h3-7,9-11,13,25H,2,8,12H2,1H3,(H,24,26)/t13-/m0/s1. The van der Waals surface area contributed by atoms with Crippen molar-refractivity contribution in [3.05, 3.63) is 70.2 Å². The second kappa shape index (κ2) is 9.72. The summed E-state index contributed by atoms with van der Waals surface area (Å²) in [6, 6.07) is 8.54. The molecular formula is C20H20ClF2N3O2S2. The molecule has 1 atom stereocenters. The molecule has 2 aromatic carbocycles. The topological polar surface area (TPSA) is 71.1 Å². The van der Waals surface area contributed by atoms with Crippen molar-refractivity contribution in [2.24, 2.45) is 5.92 Å². The lowest BCUT2D eigenvalue weighted by Crippen LogP contribution is -2.18. The molecule has 1 heterocycles. The van der Waals surface area contributed by atoms with Crippen molar-refractivity contribution in [2.75, 3.05) is 16.6 Å². The summed E-state index contributed by atoms with van der Waals surface area (Å²) >= 11 is 7.29. The first kappa shape index (κ1) is 22.5. The van der Waals surface area contributed by atoms with Gasteiger partial charge in [-0.25, -0.2) is 22.2 Å². The molecule has 0 amide bonds. The van der Waals surface area contributed by atoms with E-state index in [2.05, 4.69) is 15.0 Å². The zero-order chi connectivity index (χ0) is 21.7. The van der Waals surface area contributed by atoms with Crippen LogP contribution < -0.4 is 10.0 Å². The number of halogens is 3. The monoisotopic (exact) mass is 471 g/mol. The maximum Gasteiger partial charge on any atom is 0.266 e. The minimum Gasteiger partial charge on any atom is -0.383 e. The molecule has 0 aliphatic rings. The predicted octanol–water partition coefficient (Wildman–Crippen LogP) is 5.56. The van der Waals surface area contributed by atoms with Crippen molar-refractivity contribution in [1.82, 2.24) is 4.98 Å². The summed E-state index contributed by atoms with van der Waals surface area (Å²) in [7, 11) is -4.16. The third-order valence-corrected chi connectivity index (χ3v) is 7.02. The van der Waals surface area contributed by atoms with Crippen molar-refractivity contribution in [2.45, 2.75) is 24.7 Å². The van der Waals surface area contributed by atoms with Gasteiger partial charge in [-0.3, -0.25) is 4.72 Å². The zero-order valence-corrected chi connectivity index (χ0v) is 18.4. The number of hydrogen-bond donors (Lipinski definition) is 2. The van der Waals surface area contributed by atoms with Crippen LogP contribution in [0.4, 0.5) is 19.6 Å². The number of nitrogens with one attached hydrogen (secondary N) is 2. The molecule has 0 aliphatic heterocycles. The predicted molar refractivity (Wildman–Crippen MR) is 117 cm³/mol. The second-order valence-electron chi connectivity index (χ2n) is 6.69. The third kappa shape index (κ3) is 5.68. The first-order valence-corrected chi connectivity index (χ1v) is 11.9. The molecule has 0 aliphatic carbocycles. The van der Waals surface area contributed by atoms with E-state index >= 15 is 0 Å². The molecular weight excluding hydrogens is 452 g/mol. The molecule has 30 heavy (non-hydrogen) atoms. The third-order valence-electron chi connectivity index (χ3n) is 4.54. The summed E-state index contributed by atoms with van der Waals surface area (Å²) in [5.74, 6) is -1.06. The highest BCUT2D eigenvalue weighted by molar-refractivity contribution is 7.93. The molecule has 0 radical (unpaired) electrons. The summed E-state index contributed by atoms with van der Waals surface area (Å²) < 4.78 is 55.1. The normalized spacial score (nSPS) is 12.5. The van der Waals surface area contributed by atoms with Gasteiger partial charge in [0.05, 0.1) is 10.7 Å². The average Bonchev–Trinajstić information content (AvgIpc) is 3.19. The van der Waals surface area contributed by atoms with Gasteiger partial charge in [-0.15, -0.1) is 11.3 Å². The van der Waals surface area contributed by atoms with Gasteiger partial charge in [0.1, 0.15) is 16.5 Å². The number of anilines is 2. The highest BCUT2D eigenvalue weighted by Crippen LogP contribution is 2.30. The van der Waals surface area contributed by atoms with E-state index in [0.29, 0.717) is 18.7 Å². The molecule has 160 valence electrons. The lowest BCUT2D eigenvalue weighted by Gasteiger charge is -2.18. The van der Waals surface area contributed by atoms with Crippen molar-refractivity contribution >= 4 is 43.8 Å².